The number of hydrogen-bond donors (Lipinski definition) is 8. The maximum atomic E-state index is 12.2. The van der Waals surface area contributed by atoms with Crippen LogP contribution in [0.2, 0.25) is 0 Å². The Hall–Kier alpha value is -0.660. The van der Waals surface area contributed by atoms with Gasteiger partial charge in [0.2, 0.25) is 0 Å². The molecule has 0 amide bonds. The van der Waals surface area contributed by atoms with E-state index in [1.807, 2.05) is 0 Å². The van der Waals surface area contributed by atoms with Crippen LogP contribution in [0.25, 0.3) is 0 Å². The molecule has 8 N–H and O–H groups in total. The molecular formula is C36H60O10. The minimum absolute atomic E-state index is 0.0303. The van der Waals surface area contributed by atoms with E-state index in [0.717, 1.165) is 25.7 Å². The van der Waals surface area contributed by atoms with Crippen molar-refractivity contribution in [1.82, 2.24) is 0 Å². The van der Waals surface area contributed by atoms with Crippen LogP contribution in [0.5, 0.6) is 0 Å². The van der Waals surface area contributed by atoms with E-state index < -0.39 is 71.9 Å². The first kappa shape index (κ1) is 35.2. The fourth-order valence-electron chi connectivity index (χ4n) is 12.3. The Kier molecular flexibility index (Phi) is 8.74. The lowest BCUT2D eigenvalue weighted by molar-refractivity contribution is -0.329. The molecule has 10 nitrogen and oxygen atoms in total. The number of allylic oxidation sites excluding steroid dienone is 2. The average molecular weight is 653 g/mol. The van der Waals surface area contributed by atoms with Gasteiger partial charge in [0, 0.05) is 10.8 Å². The third-order valence-electron chi connectivity index (χ3n) is 15.6. The van der Waals surface area contributed by atoms with Crippen LogP contribution in [0.1, 0.15) is 92.9 Å². The smallest absolute Gasteiger partial charge is 0.186 e. The second-order valence-corrected chi connectivity index (χ2v) is 17.9. The lowest BCUT2D eigenvalue weighted by Gasteiger charge is -2.72. The van der Waals surface area contributed by atoms with Gasteiger partial charge in [0.25, 0.3) is 0 Å². The van der Waals surface area contributed by atoms with Gasteiger partial charge in [-0.25, -0.2) is 0 Å². The summed E-state index contributed by atoms with van der Waals surface area (Å²) in [6.07, 6.45) is -0.672. The van der Waals surface area contributed by atoms with Gasteiger partial charge in [-0.2, -0.15) is 0 Å². The largest absolute Gasteiger partial charge is 0.396 e. The summed E-state index contributed by atoms with van der Waals surface area (Å²) in [5.74, 6) is 0.415. The molecule has 5 fully saturated rings. The lowest BCUT2D eigenvalue weighted by atomic mass is 9.33. The molecule has 5 aliphatic carbocycles. The molecular weight excluding hydrogens is 592 g/mol. The first-order chi connectivity index (χ1) is 21.4. The van der Waals surface area contributed by atoms with Gasteiger partial charge in [-0.1, -0.05) is 53.2 Å². The first-order valence-corrected chi connectivity index (χ1v) is 17.6. The molecule has 10 heteroatoms. The zero-order valence-corrected chi connectivity index (χ0v) is 28.6. The highest BCUT2D eigenvalue weighted by Crippen LogP contribution is 2.75. The molecule has 1 aliphatic heterocycles. The van der Waals surface area contributed by atoms with Crippen LogP contribution in [0.15, 0.2) is 11.6 Å². The molecule has 46 heavy (non-hydrogen) atoms. The Morgan fingerprint density at radius 3 is 2.11 bits per heavy atom. The number of fused-ring (bicyclic) bond motifs is 7. The molecule has 6 rings (SSSR count). The van der Waals surface area contributed by atoms with E-state index >= 15 is 0 Å². The molecule has 16 atom stereocenters. The number of ether oxygens (including phenoxy) is 2. The SMILES string of the molecule is CC1(C)C[C@H]2C3=CC[C@@H]4[C@@]5(C)CC[C@H](O)[C@@](C)(CO)[C@@H]5CC[C@@]4(C)[C@]3(C)C[C@H](O)[C@@]2(CO)C[C@@H]1O[C@@H]1O[C@H](CO)[C@@H](O)[C@H](O)[C@H]1O. The topological polar surface area (TPSA) is 180 Å². The normalized spacial score (nSPS) is 56.6. The summed E-state index contributed by atoms with van der Waals surface area (Å²) in [5, 5.41) is 86.1. The summed E-state index contributed by atoms with van der Waals surface area (Å²) >= 11 is 0. The zero-order chi connectivity index (χ0) is 33.8. The molecule has 0 aromatic heterocycles. The van der Waals surface area contributed by atoms with Crippen molar-refractivity contribution in [3.05, 3.63) is 11.6 Å². The average Bonchev–Trinajstić information content (AvgIpc) is 3.00. The minimum atomic E-state index is -1.55. The monoisotopic (exact) mass is 652 g/mol. The van der Waals surface area contributed by atoms with Crippen LogP contribution < -0.4 is 0 Å². The zero-order valence-electron chi connectivity index (χ0n) is 28.6. The van der Waals surface area contributed by atoms with E-state index in [1.165, 1.54) is 5.57 Å². The van der Waals surface area contributed by atoms with Gasteiger partial charge in [-0.15, -0.1) is 0 Å². The van der Waals surface area contributed by atoms with Crippen LogP contribution in [-0.4, -0.2) is 110 Å². The van der Waals surface area contributed by atoms with Crippen molar-refractivity contribution in [3.8, 4) is 0 Å². The lowest BCUT2D eigenvalue weighted by Crippen LogP contribution is -2.68. The van der Waals surface area contributed by atoms with Crippen LogP contribution in [-0.2, 0) is 9.47 Å². The predicted octanol–water partition coefficient (Wildman–Crippen LogP) is 1.88. The minimum Gasteiger partial charge on any atom is -0.396 e. The summed E-state index contributed by atoms with van der Waals surface area (Å²) in [6, 6.07) is 0. The molecule has 0 aromatic carbocycles. The second-order valence-electron chi connectivity index (χ2n) is 17.9. The Balaban J connectivity index is 1.34. The van der Waals surface area contributed by atoms with E-state index in [0.29, 0.717) is 31.6 Å². The highest BCUT2D eigenvalue weighted by atomic mass is 16.7. The number of aliphatic hydroxyl groups excluding tert-OH is 8. The van der Waals surface area contributed by atoms with Crippen molar-refractivity contribution in [2.45, 2.75) is 142 Å². The molecule has 0 aromatic rings. The summed E-state index contributed by atoms with van der Waals surface area (Å²) in [4.78, 5) is 0. The third-order valence-corrected chi connectivity index (χ3v) is 15.6. The second kappa shape index (κ2) is 11.4. The van der Waals surface area contributed by atoms with E-state index in [1.54, 1.807) is 0 Å². The fraction of sp³-hybridized carbons (Fsp3) is 0.944. The van der Waals surface area contributed by atoms with Crippen molar-refractivity contribution in [1.29, 1.82) is 0 Å². The molecule has 6 aliphatic rings. The van der Waals surface area contributed by atoms with Gasteiger partial charge in [0.05, 0.1) is 38.1 Å². The molecule has 4 saturated carbocycles. The number of hydrogen-bond acceptors (Lipinski definition) is 10. The van der Waals surface area contributed by atoms with Crippen molar-refractivity contribution in [3.63, 3.8) is 0 Å². The third kappa shape index (κ3) is 4.57. The summed E-state index contributed by atoms with van der Waals surface area (Å²) in [6.45, 7) is 12.5. The fourth-order valence-corrected chi connectivity index (χ4v) is 12.3. The highest BCUT2D eigenvalue weighted by molar-refractivity contribution is 5.35. The summed E-state index contributed by atoms with van der Waals surface area (Å²) < 4.78 is 12.1. The molecule has 0 bridgehead atoms. The van der Waals surface area contributed by atoms with Crippen molar-refractivity contribution >= 4 is 0 Å². The van der Waals surface area contributed by atoms with Gasteiger partial charge < -0.3 is 50.3 Å². The van der Waals surface area contributed by atoms with Gasteiger partial charge in [-0.3, -0.25) is 0 Å². The van der Waals surface area contributed by atoms with E-state index in [9.17, 15) is 40.9 Å². The van der Waals surface area contributed by atoms with E-state index in [2.05, 4.69) is 47.6 Å². The van der Waals surface area contributed by atoms with Gasteiger partial charge in [0.15, 0.2) is 6.29 Å². The van der Waals surface area contributed by atoms with Crippen molar-refractivity contribution in [2.75, 3.05) is 19.8 Å². The van der Waals surface area contributed by atoms with Crippen LogP contribution in [0.4, 0.5) is 0 Å². The molecule has 0 unspecified atom stereocenters. The first-order valence-electron chi connectivity index (χ1n) is 17.6. The molecule has 1 saturated heterocycles. The maximum Gasteiger partial charge on any atom is 0.186 e. The summed E-state index contributed by atoms with van der Waals surface area (Å²) in [7, 11) is 0. The Morgan fingerprint density at radius 2 is 1.48 bits per heavy atom. The van der Waals surface area contributed by atoms with Gasteiger partial charge in [-0.05, 0) is 90.8 Å². The standard InChI is InChI=1S/C36H60O10/c1-31(2)13-20-19-7-8-23-32(3)11-10-24(40)33(4,17-38)22(32)9-12-34(23,5)35(19,6)14-25(41)36(20,18-39)15-26(31)46-30-29(44)28(43)27(42)21(16-37)45-30/h7,20-30,37-44H,8-18H2,1-6H3/t20-,21+,22+,23+,24-,25-,26-,27+,28-,29+,30-,32-,33-,34+,35+,36+/m0/s1. The van der Waals surface area contributed by atoms with Gasteiger partial charge >= 0.3 is 0 Å². The Labute approximate surface area is 273 Å². The highest BCUT2D eigenvalue weighted by Gasteiger charge is 2.71. The summed E-state index contributed by atoms with van der Waals surface area (Å²) in [5.41, 5.74) is -1.09. The van der Waals surface area contributed by atoms with E-state index in [4.69, 9.17) is 9.47 Å². The van der Waals surface area contributed by atoms with Crippen LogP contribution in [0.3, 0.4) is 0 Å². The van der Waals surface area contributed by atoms with E-state index in [-0.39, 0.29) is 41.3 Å². The Bertz CT molecular complexity index is 1190. The molecule has 264 valence electrons. The Morgan fingerprint density at radius 1 is 0.783 bits per heavy atom. The molecule has 1 heterocycles. The molecule has 0 radical (unpaired) electrons. The maximum absolute atomic E-state index is 12.2. The molecule has 0 spiro atoms. The predicted molar refractivity (Wildman–Crippen MR) is 169 cm³/mol. The van der Waals surface area contributed by atoms with Crippen LogP contribution >= 0.6 is 0 Å². The van der Waals surface area contributed by atoms with Crippen LogP contribution in [0, 0.1) is 50.2 Å². The quantitative estimate of drug-likeness (QED) is 0.161. The van der Waals surface area contributed by atoms with Crippen molar-refractivity contribution in [2.24, 2.45) is 50.2 Å². The number of rotatable bonds is 5. The van der Waals surface area contributed by atoms with Gasteiger partial charge in [0.1, 0.15) is 24.4 Å². The number of aliphatic hydroxyl groups is 8. The van der Waals surface area contributed by atoms with Crippen molar-refractivity contribution < 1.29 is 50.3 Å².